The van der Waals surface area contributed by atoms with Crippen molar-refractivity contribution in [3.8, 4) is 0 Å². The van der Waals surface area contributed by atoms with Crippen LogP contribution < -0.4 is 4.90 Å². The number of anilines is 1. The van der Waals surface area contributed by atoms with Crippen LogP contribution in [0, 0.1) is 19.8 Å². The third-order valence-corrected chi connectivity index (χ3v) is 6.52. The fourth-order valence-corrected chi connectivity index (χ4v) is 4.55. The topological polar surface area (TPSA) is 29.5 Å². The first-order chi connectivity index (χ1) is 14.3. The van der Waals surface area contributed by atoms with Gasteiger partial charge in [-0.05, 0) is 67.7 Å². The summed E-state index contributed by atoms with van der Waals surface area (Å²) in [6.07, 6.45) is 11.4. The summed E-state index contributed by atoms with van der Waals surface area (Å²) in [5, 5.41) is 0. The first-order valence-electron chi connectivity index (χ1n) is 12.3. The van der Waals surface area contributed by atoms with Crippen molar-refractivity contribution in [2.45, 2.75) is 106 Å². The molecule has 0 fully saturated rings. The molecule has 30 heavy (non-hydrogen) atoms. The van der Waals surface area contributed by atoms with Crippen molar-refractivity contribution in [1.82, 2.24) is 0 Å². The number of unbranched alkanes of at least 4 members (excludes halogenated alkanes) is 4. The second kappa shape index (κ2) is 13.7. The summed E-state index contributed by atoms with van der Waals surface area (Å²) in [5.74, 6) is 0.345. The van der Waals surface area contributed by atoms with Gasteiger partial charge in [0.15, 0.2) is 0 Å². The zero-order valence-electron chi connectivity index (χ0n) is 21.1. The van der Waals surface area contributed by atoms with E-state index in [0.717, 1.165) is 36.8 Å². The van der Waals surface area contributed by atoms with E-state index in [2.05, 4.69) is 60.5 Å². The summed E-state index contributed by atoms with van der Waals surface area (Å²) >= 11 is 0. The molecule has 0 heterocycles. The van der Waals surface area contributed by atoms with Gasteiger partial charge in [0.05, 0.1) is 12.2 Å². The zero-order valence-corrected chi connectivity index (χ0v) is 21.1. The van der Waals surface area contributed by atoms with Crippen LogP contribution >= 0.6 is 0 Å². The quantitative estimate of drug-likeness (QED) is 0.233. The molecule has 0 aromatic heterocycles. The van der Waals surface area contributed by atoms with Crippen molar-refractivity contribution in [3.63, 3.8) is 0 Å². The van der Waals surface area contributed by atoms with Crippen LogP contribution in [-0.4, -0.2) is 26.7 Å². The van der Waals surface area contributed by atoms with Gasteiger partial charge in [-0.15, -0.1) is 0 Å². The van der Waals surface area contributed by atoms with Crippen LogP contribution in [0.3, 0.4) is 0 Å². The molecule has 0 aliphatic heterocycles. The van der Waals surface area contributed by atoms with Crippen LogP contribution in [0.4, 0.5) is 5.69 Å². The minimum absolute atomic E-state index is 0.123. The summed E-state index contributed by atoms with van der Waals surface area (Å²) < 4.78 is 5.90. The zero-order chi connectivity index (χ0) is 22.7. The van der Waals surface area contributed by atoms with Gasteiger partial charge >= 0.3 is 5.97 Å². The van der Waals surface area contributed by atoms with Crippen molar-refractivity contribution in [3.05, 3.63) is 27.8 Å². The maximum atomic E-state index is 13.3. The summed E-state index contributed by atoms with van der Waals surface area (Å²) in [5.41, 5.74) is 6.98. The van der Waals surface area contributed by atoms with Gasteiger partial charge in [-0.25, -0.2) is 4.79 Å². The molecule has 0 saturated carbocycles. The lowest BCUT2D eigenvalue weighted by molar-refractivity contribution is 0.0426. The van der Waals surface area contributed by atoms with Crippen LogP contribution in [0.25, 0.3) is 0 Å². The Labute approximate surface area is 186 Å². The smallest absolute Gasteiger partial charge is 0.338 e. The van der Waals surface area contributed by atoms with Gasteiger partial charge in [0, 0.05) is 19.8 Å². The van der Waals surface area contributed by atoms with Crippen molar-refractivity contribution in [2.24, 2.45) is 5.92 Å². The van der Waals surface area contributed by atoms with E-state index in [0.29, 0.717) is 12.5 Å². The number of carbonyl (C=O) groups excluding carboxylic acids is 1. The molecular formula is C27H47NO2. The molecule has 1 unspecified atom stereocenters. The fraction of sp³-hybridized carbons (Fsp3) is 0.741. The highest BCUT2D eigenvalue weighted by Gasteiger charge is 2.25. The molecule has 3 heteroatoms. The average Bonchev–Trinajstić information content (AvgIpc) is 2.72. The summed E-state index contributed by atoms with van der Waals surface area (Å²) in [4.78, 5) is 15.5. The Hall–Kier alpha value is -1.51. The van der Waals surface area contributed by atoms with Gasteiger partial charge in [0.25, 0.3) is 0 Å². The number of benzene rings is 1. The van der Waals surface area contributed by atoms with Gasteiger partial charge in [-0.2, -0.15) is 0 Å². The SMILES string of the molecule is CCCCCCc1c(CC)c(C(=O)OCC(CC)CCCC)c(C)c(C)c1N(C)C. The first kappa shape index (κ1) is 26.5. The Morgan fingerprint density at radius 1 is 0.900 bits per heavy atom. The van der Waals surface area contributed by atoms with Gasteiger partial charge in [-0.3, -0.25) is 0 Å². The van der Waals surface area contributed by atoms with E-state index < -0.39 is 0 Å². The predicted octanol–water partition coefficient (Wildman–Crippen LogP) is 7.43. The molecular weight excluding hydrogens is 370 g/mol. The van der Waals surface area contributed by atoms with Crippen molar-refractivity contribution < 1.29 is 9.53 Å². The fourth-order valence-electron chi connectivity index (χ4n) is 4.55. The van der Waals surface area contributed by atoms with Crippen LogP contribution in [-0.2, 0) is 17.6 Å². The lowest BCUT2D eigenvalue weighted by Gasteiger charge is -2.27. The van der Waals surface area contributed by atoms with Crippen LogP contribution in [0.5, 0.6) is 0 Å². The highest BCUT2D eigenvalue weighted by molar-refractivity contribution is 5.95. The Bertz CT molecular complexity index is 664. The van der Waals surface area contributed by atoms with Gasteiger partial charge in [0.2, 0.25) is 0 Å². The van der Waals surface area contributed by atoms with Crippen LogP contribution in [0.15, 0.2) is 0 Å². The summed E-state index contributed by atoms with van der Waals surface area (Å²) in [6, 6.07) is 0. The molecule has 1 aromatic rings. The Kier molecular flexibility index (Phi) is 12.1. The van der Waals surface area contributed by atoms with Crippen LogP contribution in [0.1, 0.15) is 112 Å². The summed E-state index contributed by atoms with van der Waals surface area (Å²) in [7, 11) is 4.24. The van der Waals surface area contributed by atoms with E-state index in [1.807, 2.05) is 0 Å². The Balaban J connectivity index is 3.26. The first-order valence-corrected chi connectivity index (χ1v) is 12.3. The number of hydrogen-bond donors (Lipinski definition) is 0. The van der Waals surface area contributed by atoms with E-state index in [1.165, 1.54) is 60.9 Å². The second-order valence-electron chi connectivity index (χ2n) is 9.00. The van der Waals surface area contributed by atoms with Gasteiger partial charge < -0.3 is 9.64 Å². The third kappa shape index (κ3) is 7.03. The lowest BCUT2D eigenvalue weighted by Crippen LogP contribution is -2.21. The maximum Gasteiger partial charge on any atom is 0.338 e. The predicted molar refractivity (Wildman–Crippen MR) is 131 cm³/mol. The largest absolute Gasteiger partial charge is 0.462 e. The van der Waals surface area contributed by atoms with Crippen molar-refractivity contribution in [1.29, 1.82) is 0 Å². The average molecular weight is 418 g/mol. The molecule has 1 atom stereocenters. The highest BCUT2D eigenvalue weighted by atomic mass is 16.5. The maximum absolute atomic E-state index is 13.3. The van der Waals surface area contributed by atoms with E-state index in [9.17, 15) is 4.79 Å². The minimum Gasteiger partial charge on any atom is -0.462 e. The molecule has 0 radical (unpaired) electrons. The summed E-state index contributed by atoms with van der Waals surface area (Å²) in [6.45, 7) is 13.6. The van der Waals surface area contributed by atoms with E-state index in [4.69, 9.17) is 4.74 Å². The number of carbonyl (C=O) groups is 1. The number of rotatable bonds is 14. The molecule has 0 aliphatic rings. The molecule has 0 bridgehead atoms. The Morgan fingerprint density at radius 2 is 1.57 bits per heavy atom. The number of hydrogen-bond acceptors (Lipinski definition) is 3. The monoisotopic (exact) mass is 417 g/mol. The molecule has 0 spiro atoms. The lowest BCUT2D eigenvalue weighted by atomic mass is 9.86. The molecule has 1 aromatic carbocycles. The number of esters is 1. The molecule has 0 amide bonds. The number of ether oxygens (including phenoxy) is 1. The standard InChI is InChI=1S/C27H47NO2/c1-9-13-15-16-18-24-23(12-4)25(20(5)21(6)26(24)28(7)8)27(29)30-19-22(11-3)17-14-10-2/h22H,9-19H2,1-8H3. The van der Waals surface area contributed by atoms with E-state index in [-0.39, 0.29) is 5.97 Å². The molecule has 1 rings (SSSR count). The molecule has 0 aliphatic carbocycles. The molecule has 0 saturated heterocycles. The van der Waals surface area contributed by atoms with E-state index in [1.54, 1.807) is 0 Å². The van der Waals surface area contributed by atoms with Crippen molar-refractivity contribution in [2.75, 3.05) is 25.6 Å². The van der Waals surface area contributed by atoms with Gasteiger partial charge in [0.1, 0.15) is 0 Å². The molecule has 0 N–H and O–H groups in total. The normalized spacial score (nSPS) is 12.1. The Morgan fingerprint density at radius 3 is 2.10 bits per heavy atom. The minimum atomic E-state index is -0.123. The van der Waals surface area contributed by atoms with E-state index >= 15 is 0 Å². The second-order valence-corrected chi connectivity index (χ2v) is 9.00. The highest BCUT2D eigenvalue weighted by Crippen LogP contribution is 2.35. The van der Waals surface area contributed by atoms with Crippen LogP contribution in [0.2, 0.25) is 0 Å². The molecule has 3 nitrogen and oxygen atoms in total. The van der Waals surface area contributed by atoms with Crippen molar-refractivity contribution >= 4 is 11.7 Å². The number of nitrogens with zero attached hydrogens (tertiary/aromatic N) is 1. The molecule has 172 valence electrons. The third-order valence-electron chi connectivity index (χ3n) is 6.52. The van der Waals surface area contributed by atoms with Gasteiger partial charge in [-0.1, -0.05) is 66.2 Å².